The average Bonchev–Trinajstić information content (AvgIpc) is 3.27. The molecule has 1 atom stereocenters. The maximum Gasteiger partial charge on any atom is 0.276 e. The van der Waals surface area contributed by atoms with E-state index in [2.05, 4.69) is 12.2 Å². The first-order chi connectivity index (χ1) is 15.1. The van der Waals surface area contributed by atoms with Gasteiger partial charge in [-0.15, -0.1) is 5.10 Å². The van der Waals surface area contributed by atoms with Crippen LogP contribution in [0.4, 0.5) is 0 Å². The van der Waals surface area contributed by atoms with Crippen molar-refractivity contribution in [2.75, 3.05) is 5.75 Å². The summed E-state index contributed by atoms with van der Waals surface area (Å²) in [6.07, 6.45) is 0.407. The van der Waals surface area contributed by atoms with E-state index in [1.165, 1.54) is 11.8 Å². The Morgan fingerprint density at radius 3 is 2.74 bits per heavy atom. The number of carbonyl (C=O) groups is 1. The number of rotatable bonds is 4. The van der Waals surface area contributed by atoms with Crippen LogP contribution in [0.5, 0.6) is 0 Å². The molecule has 0 fully saturated rings. The average molecular weight is 451 g/mol. The molecule has 1 aromatic heterocycles. The Labute approximate surface area is 188 Å². The predicted molar refractivity (Wildman–Crippen MR) is 123 cm³/mol. The molecule has 156 valence electrons. The van der Waals surface area contributed by atoms with E-state index in [1.807, 2.05) is 60.7 Å². The third kappa shape index (κ3) is 3.75. The molecule has 0 aliphatic carbocycles. The van der Waals surface area contributed by atoms with Gasteiger partial charge in [-0.3, -0.25) is 10.1 Å². The van der Waals surface area contributed by atoms with Crippen LogP contribution in [0.2, 0.25) is 5.02 Å². The fraction of sp³-hybridized carbons (Fsp3) is 0.174. The number of nitrogens with one attached hydrogen (secondary N) is 1. The summed E-state index contributed by atoms with van der Waals surface area (Å²) >= 11 is 7.52. The molecule has 31 heavy (non-hydrogen) atoms. The summed E-state index contributed by atoms with van der Waals surface area (Å²) in [4.78, 5) is 17.9. The minimum atomic E-state index is -0.575. The van der Waals surface area contributed by atoms with E-state index in [0.29, 0.717) is 27.4 Å². The SMILES string of the molecule is CCCSC1=NN2C(=c3ccccc3=NC2c2ccc(-c3ccc(Cl)cc3)o2)C(=O)N1. The standard InChI is InChI=1S/C23H19ClN4O2S/c1-2-13-31-23-26-22(29)20-16-5-3-4-6-17(16)25-21(28(20)27-23)19-12-11-18(30-19)14-7-9-15(24)10-8-14/h3-12,21H,2,13H2,1H3,(H,26,27,29). The third-order valence-corrected chi connectivity index (χ3v) is 6.29. The van der Waals surface area contributed by atoms with E-state index in [1.54, 1.807) is 5.01 Å². The topological polar surface area (TPSA) is 70.2 Å². The summed E-state index contributed by atoms with van der Waals surface area (Å²) in [6.45, 7) is 2.09. The smallest absolute Gasteiger partial charge is 0.276 e. The molecule has 0 saturated carbocycles. The van der Waals surface area contributed by atoms with E-state index in [4.69, 9.17) is 26.1 Å². The highest BCUT2D eigenvalue weighted by molar-refractivity contribution is 8.13. The summed E-state index contributed by atoms with van der Waals surface area (Å²) in [5.41, 5.74) is 1.39. The van der Waals surface area contributed by atoms with Gasteiger partial charge in [0, 0.05) is 21.6 Å². The maximum atomic E-state index is 13.0. The first kappa shape index (κ1) is 19.9. The van der Waals surface area contributed by atoms with Crippen LogP contribution in [0.1, 0.15) is 25.3 Å². The summed E-state index contributed by atoms with van der Waals surface area (Å²) in [5, 5.41) is 12.0. The molecular weight excluding hydrogens is 432 g/mol. The first-order valence-corrected chi connectivity index (χ1v) is 11.4. The van der Waals surface area contributed by atoms with E-state index in [-0.39, 0.29) is 5.91 Å². The molecular formula is C23H19ClN4O2S. The first-order valence-electron chi connectivity index (χ1n) is 9.99. The molecule has 1 amide bonds. The van der Waals surface area contributed by atoms with E-state index < -0.39 is 6.17 Å². The zero-order valence-electron chi connectivity index (χ0n) is 16.7. The Morgan fingerprint density at radius 2 is 1.94 bits per heavy atom. The Balaban J connectivity index is 1.61. The highest BCUT2D eigenvalue weighted by Gasteiger charge is 2.35. The van der Waals surface area contributed by atoms with Gasteiger partial charge in [-0.1, -0.05) is 48.5 Å². The van der Waals surface area contributed by atoms with E-state index in [0.717, 1.165) is 28.3 Å². The Morgan fingerprint density at radius 1 is 1.13 bits per heavy atom. The van der Waals surface area contributed by atoms with Gasteiger partial charge < -0.3 is 4.42 Å². The second-order valence-electron chi connectivity index (χ2n) is 7.13. The molecule has 6 nitrogen and oxygen atoms in total. The number of fused-ring (bicyclic) bond motifs is 2. The van der Waals surface area contributed by atoms with Crippen LogP contribution in [-0.4, -0.2) is 21.8 Å². The Hall–Kier alpha value is -3.03. The Kier molecular flexibility index (Phi) is 5.29. The lowest BCUT2D eigenvalue weighted by Crippen LogP contribution is -2.50. The molecule has 0 saturated heterocycles. The van der Waals surface area contributed by atoms with E-state index in [9.17, 15) is 4.79 Å². The molecule has 2 aliphatic rings. The number of hydrogen-bond donors (Lipinski definition) is 1. The summed E-state index contributed by atoms with van der Waals surface area (Å²) in [6, 6.07) is 18.8. The second kappa shape index (κ2) is 8.24. The van der Waals surface area contributed by atoms with Gasteiger partial charge in [0.15, 0.2) is 10.9 Å². The number of carbonyl (C=O) groups excluding carboxylic acids is 1. The molecule has 8 heteroatoms. The molecule has 3 heterocycles. The number of para-hydroxylation sites is 1. The molecule has 0 spiro atoms. The van der Waals surface area contributed by atoms with Crippen molar-refractivity contribution in [2.45, 2.75) is 19.5 Å². The van der Waals surface area contributed by atoms with Crippen LogP contribution in [0.15, 0.2) is 75.2 Å². The molecule has 2 aliphatic heterocycles. The molecule has 2 aromatic carbocycles. The number of amidine groups is 1. The number of thioether (sulfide) groups is 1. The summed E-state index contributed by atoms with van der Waals surface area (Å²) < 4.78 is 6.17. The van der Waals surface area contributed by atoms with Gasteiger partial charge >= 0.3 is 0 Å². The monoisotopic (exact) mass is 450 g/mol. The van der Waals surface area contributed by atoms with Crippen LogP contribution < -0.4 is 15.9 Å². The van der Waals surface area contributed by atoms with Crippen LogP contribution in [0.3, 0.4) is 0 Å². The zero-order valence-corrected chi connectivity index (χ0v) is 18.3. The molecule has 1 unspecified atom stereocenters. The lowest BCUT2D eigenvalue weighted by atomic mass is 10.1. The van der Waals surface area contributed by atoms with Gasteiger partial charge in [0.05, 0.1) is 5.36 Å². The van der Waals surface area contributed by atoms with Crippen molar-refractivity contribution in [3.63, 3.8) is 0 Å². The number of amides is 1. The summed E-state index contributed by atoms with van der Waals surface area (Å²) in [7, 11) is 0. The highest BCUT2D eigenvalue weighted by Crippen LogP contribution is 2.34. The van der Waals surface area contributed by atoms with Gasteiger partial charge in [-0.2, -0.15) is 0 Å². The summed E-state index contributed by atoms with van der Waals surface area (Å²) in [5.74, 6) is 1.98. The number of nitrogens with zero attached hydrogens (tertiary/aromatic N) is 3. The van der Waals surface area contributed by atoms with Crippen LogP contribution in [0, 0.1) is 0 Å². The van der Waals surface area contributed by atoms with Gasteiger partial charge in [-0.05, 0) is 48.9 Å². The number of hydrazone groups is 1. The van der Waals surface area contributed by atoms with E-state index >= 15 is 0 Å². The third-order valence-electron chi connectivity index (χ3n) is 4.97. The predicted octanol–water partition coefficient (Wildman–Crippen LogP) is 3.89. The van der Waals surface area contributed by atoms with Gasteiger partial charge in [0.2, 0.25) is 6.17 Å². The molecule has 5 rings (SSSR count). The van der Waals surface area contributed by atoms with Crippen LogP contribution in [-0.2, 0) is 4.79 Å². The maximum absolute atomic E-state index is 13.0. The Bertz CT molecular complexity index is 1300. The van der Waals surface area contributed by atoms with Crippen molar-refractivity contribution in [3.05, 3.63) is 82.0 Å². The minimum absolute atomic E-state index is 0.189. The lowest BCUT2D eigenvalue weighted by Gasteiger charge is -2.32. The van der Waals surface area contributed by atoms with Crippen LogP contribution in [0.25, 0.3) is 17.0 Å². The number of benzene rings is 2. The van der Waals surface area contributed by atoms with Crippen LogP contribution >= 0.6 is 23.4 Å². The molecule has 1 N–H and O–H groups in total. The van der Waals surface area contributed by atoms with Gasteiger partial charge in [0.1, 0.15) is 11.5 Å². The number of halogens is 1. The molecule has 3 aromatic rings. The number of hydrogen-bond acceptors (Lipinski definition) is 6. The van der Waals surface area contributed by atoms with Crippen molar-refractivity contribution in [1.82, 2.24) is 10.3 Å². The quantitative estimate of drug-likeness (QED) is 0.654. The fourth-order valence-electron chi connectivity index (χ4n) is 3.54. The largest absolute Gasteiger partial charge is 0.457 e. The molecule has 0 bridgehead atoms. The van der Waals surface area contributed by atoms with Crippen molar-refractivity contribution >= 4 is 40.1 Å². The van der Waals surface area contributed by atoms with Crippen molar-refractivity contribution in [2.24, 2.45) is 10.1 Å². The minimum Gasteiger partial charge on any atom is -0.457 e. The van der Waals surface area contributed by atoms with Gasteiger partial charge in [0.25, 0.3) is 5.91 Å². The number of furan rings is 1. The van der Waals surface area contributed by atoms with Crippen molar-refractivity contribution < 1.29 is 9.21 Å². The highest BCUT2D eigenvalue weighted by atomic mass is 35.5. The fourth-order valence-corrected chi connectivity index (χ4v) is 4.37. The zero-order chi connectivity index (χ0) is 21.4. The second-order valence-corrected chi connectivity index (χ2v) is 8.65. The normalized spacial score (nSPS) is 17.4. The van der Waals surface area contributed by atoms with Gasteiger partial charge in [-0.25, -0.2) is 10.0 Å². The van der Waals surface area contributed by atoms with Crippen molar-refractivity contribution in [1.29, 1.82) is 0 Å². The lowest BCUT2D eigenvalue weighted by molar-refractivity contribution is -0.116. The van der Waals surface area contributed by atoms with Crippen molar-refractivity contribution in [3.8, 4) is 11.3 Å². The molecule has 0 radical (unpaired) electrons.